The molecule has 2 aliphatic rings. The summed E-state index contributed by atoms with van der Waals surface area (Å²) in [5.41, 5.74) is 3.58. The first kappa shape index (κ1) is 23.4. The number of rotatable bonds is 3. The normalized spacial score (nSPS) is 20.5. The number of Topliss-reactive ketones (excluding diaryl/α,β-unsaturated/α-hetero) is 1. The number of benzene rings is 3. The van der Waals surface area contributed by atoms with E-state index in [1.54, 1.807) is 41.3 Å². The summed E-state index contributed by atoms with van der Waals surface area (Å²) >= 11 is 25.3. The lowest BCUT2D eigenvalue weighted by molar-refractivity contribution is -0.120. The number of ketones is 1. The molecule has 3 aromatic carbocycles. The predicted octanol–water partition coefficient (Wildman–Crippen LogP) is 8.22. The van der Waals surface area contributed by atoms with Crippen molar-refractivity contribution in [2.45, 2.75) is 31.1 Å². The number of amides is 1. The molecule has 3 aromatic rings. The van der Waals surface area contributed by atoms with E-state index in [4.69, 9.17) is 46.4 Å². The molecule has 1 aliphatic carbocycles. The van der Waals surface area contributed by atoms with E-state index >= 15 is 0 Å². The summed E-state index contributed by atoms with van der Waals surface area (Å²) in [4.78, 5) is 28.9. The van der Waals surface area contributed by atoms with E-state index in [9.17, 15) is 9.59 Å². The summed E-state index contributed by atoms with van der Waals surface area (Å²) in [5.74, 6) is -0.638. The van der Waals surface area contributed by atoms with Crippen LogP contribution in [0.1, 0.15) is 42.2 Å². The lowest BCUT2D eigenvalue weighted by Crippen LogP contribution is -2.42. The molecule has 0 radical (unpaired) electrons. The van der Waals surface area contributed by atoms with Gasteiger partial charge in [0.25, 0.3) is 0 Å². The van der Waals surface area contributed by atoms with Crippen molar-refractivity contribution in [1.29, 1.82) is 0 Å². The Morgan fingerprint density at radius 1 is 0.735 bits per heavy atom. The van der Waals surface area contributed by atoms with Gasteiger partial charge in [-0.15, -0.1) is 0 Å². The van der Waals surface area contributed by atoms with Crippen LogP contribution in [0.15, 0.2) is 78.0 Å². The Labute approximate surface area is 217 Å². The van der Waals surface area contributed by atoms with E-state index in [0.717, 1.165) is 11.1 Å². The summed E-state index contributed by atoms with van der Waals surface area (Å²) in [6.07, 6.45) is 0.985. The maximum atomic E-state index is 13.7. The van der Waals surface area contributed by atoms with Gasteiger partial charge in [-0.3, -0.25) is 14.5 Å². The quantitative estimate of drug-likeness (QED) is 0.342. The summed E-state index contributed by atoms with van der Waals surface area (Å²) < 4.78 is 0. The van der Waals surface area contributed by atoms with Crippen molar-refractivity contribution in [3.63, 3.8) is 0 Å². The number of hydrogen-bond donors (Lipinski definition) is 0. The van der Waals surface area contributed by atoms with Crippen LogP contribution in [-0.4, -0.2) is 11.7 Å². The fourth-order valence-electron chi connectivity index (χ4n) is 4.99. The number of carbonyl (C=O) groups excluding carboxylic acids is 2. The van der Waals surface area contributed by atoms with Crippen LogP contribution in [0.3, 0.4) is 0 Å². The molecule has 0 aromatic heterocycles. The van der Waals surface area contributed by atoms with Crippen molar-refractivity contribution in [3.8, 4) is 0 Å². The SMILES string of the molecule is O=C1CC(c2ccccc2)CC2=C1C(c1ccc(Cl)cc1Cl)CC(=O)N2c1ccc(Cl)cc1Cl. The molecule has 172 valence electrons. The fourth-order valence-corrected chi connectivity index (χ4v) is 6.02. The fraction of sp³-hybridized carbons (Fsp3) is 0.185. The van der Waals surface area contributed by atoms with Gasteiger partial charge >= 0.3 is 0 Å². The monoisotopic (exact) mass is 529 g/mol. The van der Waals surface area contributed by atoms with Crippen LogP contribution in [0.2, 0.25) is 20.1 Å². The van der Waals surface area contributed by atoms with Gasteiger partial charge in [0, 0.05) is 45.1 Å². The standard InChI is InChI=1S/C27H19Cl4NO2/c28-17-6-8-19(21(30)12-17)20-14-26(34)32(23-9-7-18(29)13-22(23)31)24-10-16(11-25(33)27(20)24)15-4-2-1-3-5-15/h1-9,12-13,16,20H,10-11,14H2. The second-order valence-electron chi connectivity index (χ2n) is 8.55. The van der Waals surface area contributed by atoms with Crippen molar-refractivity contribution >= 4 is 63.8 Å². The smallest absolute Gasteiger partial charge is 0.232 e. The van der Waals surface area contributed by atoms with Gasteiger partial charge in [-0.25, -0.2) is 0 Å². The zero-order valence-electron chi connectivity index (χ0n) is 17.9. The maximum absolute atomic E-state index is 13.7. The summed E-state index contributed by atoms with van der Waals surface area (Å²) in [7, 11) is 0. The molecule has 1 aliphatic heterocycles. The molecule has 1 amide bonds. The molecule has 0 N–H and O–H groups in total. The van der Waals surface area contributed by atoms with Gasteiger partial charge in [0.05, 0.1) is 10.7 Å². The number of hydrogen-bond acceptors (Lipinski definition) is 2. The van der Waals surface area contributed by atoms with Crippen LogP contribution in [0.25, 0.3) is 0 Å². The molecule has 1 heterocycles. The van der Waals surface area contributed by atoms with Crippen molar-refractivity contribution in [2.75, 3.05) is 4.90 Å². The van der Waals surface area contributed by atoms with Crippen LogP contribution in [-0.2, 0) is 9.59 Å². The highest BCUT2D eigenvalue weighted by atomic mass is 35.5. The maximum Gasteiger partial charge on any atom is 0.232 e. The zero-order valence-corrected chi connectivity index (χ0v) is 20.9. The van der Waals surface area contributed by atoms with Gasteiger partial charge in [0.15, 0.2) is 5.78 Å². The van der Waals surface area contributed by atoms with Crippen LogP contribution in [0, 0.1) is 0 Å². The van der Waals surface area contributed by atoms with Crippen LogP contribution in [0.4, 0.5) is 5.69 Å². The molecule has 5 rings (SSSR count). The van der Waals surface area contributed by atoms with Crippen LogP contribution < -0.4 is 4.90 Å². The minimum absolute atomic E-state index is 0.00806. The number of carbonyl (C=O) groups is 2. The van der Waals surface area contributed by atoms with Gasteiger partial charge < -0.3 is 0 Å². The number of nitrogens with zero attached hydrogens (tertiary/aromatic N) is 1. The van der Waals surface area contributed by atoms with E-state index in [-0.39, 0.29) is 24.0 Å². The summed E-state index contributed by atoms with van der Waals surface area (Å²) in [6.45, 7) is 0. The van der Waals surface area contributed by atoms with Gasteiger partial charge in [0.2, 0.25) is 5.91 Å². The van der Waals surface area contributed by atoms with E-state index in [1.807, 2.05) is 30.3 Å². The second-order valence-corrected chi connectivity index (χ2v) is 10.2. The lowest BCUT2D eigenvalue weighted by atomic mass is 9.72. The number of halogens is 4. The molecule has 7 heteroatoms. The third-order valence-electron chi connectivity index (χ3n) is 6.49. The minimum Gasteiger partial charge on any atom is -0.294 e. The molecule has 0 fully saturated rings. The molecule has 3 nitrogen and oxygen atoms in total. The third-order valence-corrected chi connectivity index (χ3v) is 7.59. The largest absolute Gasteiger partial charge is 0.294 e. The summed E-state index contributed by atoms with van der Waals surface area (Å²) in [5, 5.41) is 1.76. The number of anilines is 1. The first-order valence-corrected chi connectivity index (χ1v) is 12.4. The molecular formula is C27H19Cl4NO2. The van der Waals surface area contributed by atoms with Crippen LogP contribution >= 0.6 is 46.4 Å². The Bertz CT molecular complexity index is 1340. The molecule has 0 saturated carbocycles. The molecule has 0 saturated heterocycles. The van der Waals surface area contributed by atoms with Crippen LogP contribution in [0.5, 0.6) is 0 Å². The van der Waals surface area contributed by atoms with E-state index in [0.29, 0.717) is 49.9 Å². The van der Waals surface area contributed by atoms with Crippen molar-refractivity contribution in [3.05, 3.63) is 109 Å². The zero-order chi connectivity index (χ0) is 24.0. The Hall–Kier alpha value is -2.30. The first-order valence-electron chi connectivity index (χ1n) is 10.9. The Kier molecular flexibility index (Phi) is 6.47. The second kappa shape index (κ2) is 9.39. The molecule has 34 heavy (non-hydrogen) atoms. The number of allylic oxidation sites excluding steroid dienone is 2. The molecule has 2 atom stereocenters. The average molecular weight is 531 g/mol. The first-order chi connectivity index (χ1) is 16.3. The molecule has 2 unspecified atom stereocenters. The Morgan fingerprint density at radius 3 is 2.09 bits per heavy atom. The van der Waals surface area contributed by atoms with Gasteiger partial charge in [-0.05, 0) is 53.8 Å². The minimum atomic E-state index is -0.446. The average Bonchev–Trinajstić information content (AvgIpc) is 2.80. The van der Waals surface area contributed by atoms with E-state index in [1.165, 1.54) is 0 Å². The Morgan fingerprint density at radius 2 is 1.41 bits per heavy atom. The van der Waals surface area contributed by atoms with Crippen molar-refractivity contribution < 1.29 is 9.59 Å². The topological polar surface area (TPSA) is 37.4 Å². The Balaban J connectivity index is 1.69. The van der Waals surface area contributed by atoms with Gasteiger partial charge in [-0.1, -0.05) is 82.8 Å². The predicted molar refractivity (Wildman–Crippen MR) is 138 cm³/mol. The molecule has 0 spiro atoms. The van der Waals surface area contributed by atoms with Gasteiger partial charge in [0.1, 0.15) is 0 Å². The third kappa shape index (κ3) is 4.27. The van der Waals surface area contributed by atoms with Crippen molar-refractivity contribution in [1.82, 2.24) is 0 Å². The highest BCUT2D eigenvalue weighted by molar-refractivity contribution is 6.37. The highest BCUT2D eigenvalue weighted by Crippen LogP contribution is 2.49. The van der Waals surface area contributed by atoms with E-state index < -0.39 is 5.92 Å². The molecule has 0 bridgehead atoms. The molecular weight excluding hydrogens is 512 g/mol. The highest BCUT2D eigenvalue weighted by Gasteiger charge is 2.43. The van der Waals surface area contributed by atoms with E-state index in [2.05, 4.69) is 0 Å². The van der Waals surface area contributed by atoms with Gasteiger partial charge in [-0.2, -0.15) is 0 Å². The summed E-state index contributed by atoms with van der Waals surface area (Å²) in [6, 6.07) is 20.1. The lowest BCUT2D eigenvalue weighted by Gasteiger charge is -2.41. The van der Waals surface area contributed by atoms with Crippen molar-refractivity contribution in [2.24, 2.45) is 0 Å².